The van der Waals surface area contributed by atoms with Crippen LogP contribution in [0.25, 0.3) is 16.5 Å². The van der Waals surface area contributed by atoms with Crippen LogP contribution < -0.4 is 5.06 Å². The van der Waals surface area contributed by atoms with Crippen LogP contribution in [0.2, 0.25) is 0 Å². The number of Topliss-reactive ketones (excluding diaryl/α,β-unsaturated/α-hetero) is 1. The third-order valence-corrected chi connectivity index (χ3v) is 10.5. The standard InChI is InChI=1S/C37H42NO6S/c1-24-9-11-26(12-10-24)33(39)22-29(21-30-23-34(27-7-5-4-6-8-27)45-35(30)37(41)43-3)25-15-19-32(20-16-25)44-36(40)28-13-17-31(18-14-28)38(2)42/h4-8,13-14,17-18,21,23-26,32H,9-12,15-16,19-20,22H2,1-3H3/q-1/b29-21-. The molecule has 45 heavy (non-hydrogen) atoms. The normalized spacial score (nSPS) is 22.0. The number of carbonyl (C=O) groups excluding carboxylic acids is 3. The highest BCUT2D eigenvalue weighted by atomic mass is 32.1. The summed E-state index contributed by atoms with van der Waals surface area (Å²) in [6.45, 7) is 2.26. The van der Waals surface area contributed by atoms with Crippen LogP contribution in [0.15, 0.2) is 66.2 Å². The SMILES string of the molecule is COC(=O)c1sc(-c2ccccc2)cc1/C=C(/CC(=O)C1CCC(C)CC1)C1CCC(OC(=O)c2ccc(N(C)[O-])cc2)CC1. The molecule has 238 valence electrons. The lowest BCUT2D eigenvalue weighted by atomic mass is 9.76. The molecule has 0 spiro atoms. The van der Waals surface area contributed by atoms with Gasteiger partial charge in [0.2, 0.25) is 0 Å². The summed E-state index contributed by atoms with van der Waals surface area (Å²) < 4.78 is 11.0. The van der Waals surface area contributed by atoms with E-state index in [0.29, 0.717) is 41.3 Å². The van der Waals surface area contributed by atoms with Gasteiger partial charge in [-0.2, -0.15) is 0 Å². The van der Waals surface area contributed by atoms with Gasteiger partial charge in [0, 0.05) is 28.5 Å². The van der Waals surface area contributed by atoms with Crippen LogP contribution in [0.3, 0.4) is 0 Å². The topological polar surface area (TPSA) is 96.0 Å². The van der Waals surface area contributed by atoms with Crippen molar-refractivity contribution in [2.75, 3.05) is 19.2 Å². The Balaban J connectivity index is 1.35. The number of rotatable bonds is 10. The summed E-state index contributed by atoms with van der Waals surface area (Å²) in [4.78, 5) is 40.9. The van der Waals surface area contributed by atoms with E-state index in [1.54, 1.807) is 24.3 Å². The van der Waals surface area contributed by atoms with Gasteiger partial charge in [-0.05, 0) is 93.3 Å². The van der Waals surface area contributed by atoms with Gasteiger partial charge in [0.25, 0.3) is 0 Å². The Morgan fingerprint density at radius 2 is 1.53 bits per heavy atom. The summed E-state index contributed by atoms with van der Waals surface area (Å²) >= 11 is 1.41. The number of allylic oxidation sites excluding steroid dienone is 1. The molecular weight excluding hydrogens is 586 g/mol. The highest BCUT2D eigenvalue weighted by molar-refractivity contribution is 7.17. The summed E-state index contributed by atoms with van der Waals surface area (Å²) in [5.41, 5.74) is 3.74. The minimum absolute atomic E-state index is 0.0807. The highest BCUT2D eigenvalue weighted by Crippen LogP contribution is 2.39. The van der Waals surface area contributed by atoms with Gasteiger partial charge in [0.05, 0.1) is 12.7 Å². The fourth-order valence-electron chi connectivity index (χ4n) is 6.53. The Bertz CT molecular complexity index is 1490. The van der Waals surface area contributed by atoms with Gasteiger partial charge >= 0.3 is 11.9 Å². The van der Waals surface area contributed by atoms with Gasteiger partial charge in [-0.15, -0.1) is 11.3 Å². The number of esters is 2. The maximum atomic E-state index is 13.7. The van der Waals surface area contributed by atoms with E-state index in [-0.39, 0.29) is 29.7 Å². The minimum Gasteiger partial charge on any atom is -0.758 e. The van der Waals surface area contributed by atoms with Crippen molar-refractivity contribution in [2.24, 2.45) is 17.8 Å². The Morgan fingerprint density at radius 3 is 2.16 bits per heavy atom. The lowest BCUT2D eigenvalue weighted by Gasteiger charge is -2.31. The molecule has 0 N–H and O–H groups in total. The van der Waals surface area contributed by atoms with Crippen LogP contribution in [-0.2, 0) is 14.3 Å². The third kappa shape index (κ3) is 8.30. The summed E-state index contributed by atoms with van der Waals surface area (Å²) in [7, 11) is 2.81. The molecule has 0 bridgehead atoms. The number of benzene rings is 2. The fourth-order valence-corrected chi connectivity index (χ4v) is 7.59. The predicted octanol–water partition coefficient (Wildman–Crippen LogP) is 8.72. The van der Waals surface area contributed by atoms with E-state index in [1.807, 2.05) is 36.4 Å². The fraction of sp³-hybridized carbons (Fsp3) is 0.432. The van der Waals surface area contributed by atoms with Gasteiger partial charge in [-0.3, -0.25) is 4.79 Å². The second-order valence-electron chi connectivity index (χ2n) is 12.5. The van der Waals surface area contributed by atoms with E-state index < -0.39 is 5.97 Å². The number of carbonyl (C=O) groups is 3. The van der Waals surface area contributed by atoms with Crippen LogP contribution in [-0.4, -0.2) is 38.0 Å². The molecule has 8 heteroatoms. The lowest BCUT2D eigenvalue weighted by molar-refractivity contribution is -0.123. The molecule has 2 aliphatic rings. The second kappa shape index (κ2) is 15.0. The maximum Gasteiger partial charge on any atom is 0.348 e. The van der Waals surface area contributed by atoms with Crippen molar-refractivity contribution in [3.8, 4) is 10.4 Å². The average molecular weight is 629 g/mol. The molecule has 0 atom stereocenters. The summed E-state index contributed by atoms with van der Waals surface area (Å²) in [5, 5.41) is 12.2. The second-order valence-corrected chi connectivity index (χ2v) is 13.5. The van der Waals surface area contributed by atoms with Crippen molar-refractivity contribution in [1.29, 1.82) is 0 Å². The molecule has 3 aromatic rings. The number of thiophene rings is 1. The lowest BCUT2D eigenvalue weighted by Crippen LogP contribution is -2.27. The number of methoxy groups -OCH3 is 1. The molecule has 2 aliphatic carbocycles. The van der Waals surface area contributed by atoms with E-state index >= 15 is 0 Å². The zero-order valence-corrected chi connectivity index (χ0v) is 27.1. The summed E-state index contributed by atoms with van der Waals surface area (Å²) in [6, 6.07) is 18.4. The summed E-state index contributed by atoms with van der Waals surface area (Å²) in [6.07, 6.45) is 9.18. The minimum atomic E-state index is -0.398. The number of anilines is 1. The average Bonchev–Trinajstić information content (AvgIpc) is 3.49. The molecule has 0 aliphatic heterocycles. The van der Waals surface area contributed by atoms with Crippen molar-refractivity contribution in [2.45, 2.75) is 70.8 Å². The smallest absolute Gasteiger partial charge is 0.348 e. The first-order chi connectivity index (χ1) is 21.7. The number of hydroxylamine groups is 1. The molecule has 7 nitrogen and oxygen atoms in total. The monoisotopic (exact) mass is 628 g/mol. The molecule has 0 radical (unpaired) electrons. The van der Waals surface area contributed by atoms with Crippen LogP contribution >= 0.6 is 11.3 Å². The van der Waals surface area contributed by atoms with Crippen molar-refractivity contribution in [1.82, 2.24) is 0 Å². The first-order valence-corrected chi connectivity index (χ1v) is 16.8. The van der Waals surface area contributed by atoms with Crippen molar-refractivity contribution in [3.05, 3.63) is 87.4 Å². The van der Waals surface area contributed by atoms with Crippen LogP contribution in [0.1, 0.15) is 90.3 Å². The molecule has 2 aromatic carbocycles. The molecule has 2 fully saturated rings. The maximum absolute atomic E-state index is 13.7. The first-order valence-electron chi connectivity index (χ1n) is 15.9. The van der Waals surface area contributed by atoms with Gasteiger partial charge in [0.1, 0.15) is 16.8 Å². The Morgan fingerprint density at radius 1 is 0.889 bits per heavy atom. The molecule has 0 unspecified atom stereocenters. The number of ether oxygens (including phenoxy) is 2. The van der Waals surface area contributed by atoms with E-state index in [0.717, 1.165) is 65.2 Å². The molecule has 1 heterocycles. The zero-order chi connectivity index (χ0) is 31.9. The van der Waals surface area contributed by atoms with Gasteiger partial charge in [-0.1, -0.05) is 61.7 Å². The van der Waals surface area contributed by atoms with Crippen LogP contribution in [0, 0.1) is 23.0 Å². The molecule has 2 saturated carbocycles. The van der Waals surface area contributed by atoms with Crippen LogP contribution in [0.4, 0.5) is 5.69 Å². The van der Waals surface area contributed by atoms with Crippen molar-refractivity contribution in [3.63, 3.8) is 0 Å². The van der Waals surface area contributed by atoms with Crippen molar-refractivity contribution < 1.29 is 23.9 Å². The van der Waals surface area contributed by atoms with E-state index in [2.05, 4.69) is 13.0 Å². The molecular formula is C37H42NO6S-. The van der Waals surface area contributed by atoms with Gasteiger partial charge < -0.3 is 19.7 Å². The van der Waals surface area contributed by atoms with Crippen molar-refractivity contribution >= 4 is 40.8 Å². The number of hydrogen-bond acceptors (Lipinski definition) is 8. The van der Waals surface area contributed by atoms with E-state index in [9.17, 15) is 19.6 Å². The molecule has 0 saturated heterocycles. The van der Waals surface area contributed by atoms with Gasteiger partial charge in [0.15, 0.2) is 0 Å². The van der Waals surface area contributed by atoms with E-state index in [4.69, 9.17) is 9.47 Å². The largest absolute Gasteiger partial charge is 0.758 e. The van der Waals surface area contributed by atoms with Crippen LogP contribution in [0.5, 0.6) is 0 Å². The predicted molar refractivity (Wildman–Crippen MR) is 179 cm³/mol. The third-order valence-electron chi connectivity index (χ3n) is 9.32. The molecule has 0 amide bonds. The van der Waals surface area contributed by atoms with E-state index in [1.165, 1.54) is 25.5 Å². The highest BCUT2D eigenvalue weighted by Gasteiger charge is 2.31. The molecule has 1 aromatic heterocycles. The van der Waals surface area contributed by atoms with Gasteiger partial charge in [-0.25, -0.2) is 9.59 Å². The molecule has 5 rings (SSSR count). The number of nitrogens with zero attached hydrogens (tertiary/aromatic N) is 1. The Labute approximate surface area is 269 Å². The Kier molecular flexibility index (Phi) is 10.9. The summed E-state index contributed by atoms with van der Waals surface area (Å²) in [5.74, 6) is 0.391. The quantitative estimate of drug-likeness (QED) is 0.164. The Hall–Kier alpha value is -3.75. The zero-order valence-electron chi connectivity index (χ0n) is 26.3. The number of hydrogen-bond donors (Lipinski definition) is 0. The first kappa shape index (κ1) is 32.6. The number of ketones is 1.